The van der Waals surface area contributed by atoms with Gasteiger partial charge in [0, 0.05) is 49.2 Å². The topological polar surface area (TPSA) is 69.5 Å². The monoisotopic (exact) mass is 392 g/mol. The van der Waals surface area contributed by atoms with Gasteiger partial charge >= 0.3 is 0 Å². The summed E-state index contributed by atoms with van der Waals surface area (Å²) in [5.41, 5.74) is 1.86. The van der Waals surface area contributed by atoms with Crippen LogP contribution in [0.5, 0.6) is 0 Å². The molecule has 8 heteroatoms. The summed E-state index contributed by atoms with van der Waals surface area (Å²) in [5, 5.41) is 5.15. The van der Waals surface area contributed by atoms with Crippen LogP contribution in [0.3, 0.4) is 0 Å². The minimum atomic E-state index is -0.127. The van der Waals surface area contributed by atoms with Gasteiger partial charge in [-0.05, 0) is 23.6 Å². The van der Waals surface area contributed by atoms with Crippen LogP contribution in [-0.2, 0) is 6.42 Å². The maximum absolute atomic E-state index is 12.5. The van der Waals surface area contributed by atoms with Crippen LogP contribution in [0.2, 0.25) is 0 Å². The number of rotatable bonds is 4. The fraction of sp³-hybridized carbons (Fsp3) is 0.250. The van der Waals surface area contributed by atoms with E-state index in [-0.39, 0.29) is 5.56 Å². The predicted molar refractivity (Wildman–Crippen MR) is 112 cm³/mol. The second kappa shape index (κ2) is 7.12. The molecule has 1 aliphatic heterocycles. The zero-order chi connectivity index (χ0) is 18.9. The first-order valence-corrected chi connectivity index (χ1v) is 10.2. The van der Waals surface area contributed by atoms with E-state index in [9.17, 15) is 4.79 Å². The Bertz CT molecular complexity index is 1130. The lowest BCUT2D eigenvalue weighted by Gasteiger charge is -2.35. The molecule has 1 saturated heterocycles. The number of hydrogen-bond acceptors (Lipinski definition) is 6. The summed E-state index contributed by atoms with van der Waals surface area (Å²) in [6, 6.07) is 16.1. The van der Waals surface area contributed by atoms with Crippen LogP contribution in [0.25, 0.3) is 5.78 Å². The van der Waals surface area contributed by atoms with Gasteiger partial charge in [0.1, 0.15) is 0 Å². The number of thiophene rings is 1. The lowest BCUT2D eigenvalue weighted by molar-refractivity contribution is 0.639. The number of hydrogen-bond donors (Lipinski definition) is 1. The second-order valence-corrected chi connectivity index (χ2v) is 7.87. The van der Waals surface area contributed by atoms with Gasteiger partial charge in [-0.15, -0.1) is 11.3 Å². The molecule has 0 radical (unpaired) electrons. The largest absolute Gasteiger partial charge is 0.368 e. The highest BCUT2D eigenvalue weighted by molar-refractivity contribution is 7.09. The van der Waals surface area contributed by atoms with Crippen LogP contribution < -0.4 is 15.4 Å². The molecule has 0 amide bonds. The molecule has 0 saturated carbocycles. The predicted octanol–water partition coefficient (Wildman–Crippen LogP) is 2.40. The molecule has 1 aromatic carbocycles. The summed E-state index contributed by atoms with van der Waals surface area (Å²) < 4.78 is 1.43. The number of benzene rings is 1. The third-order valence-corrected chi connectivity index (χ3v) is 5.88. The smallest absolute Gasteiger partial charge is 0.274 e. The van der Waals surface area contributed by atoms with E-state index >= 15 is 0 Å². The van der Waals surface area contributed by atoms with E-state index in [0.717, 1.165) is 31.9 Å². The Morgan fingerprint density at radius 3 is 2.50 bits per heavy atom. The fourth-order valence-electron chi connectivity index (χ4n) is 3.56. The van der Waals surface area contributed by atoms with Crippen molar-refractivity contribution >= 4 is 28.8 Å². The summed E-state index contributed by atoms with van der Waals surface area (Å²) in [5.74, 6) is 1.13. The molecule has 0 aliphatic carbocycles. The van der Waals surface area contributed by atoms with Gasteiger partial charge in [0.25, 0.3) is 11.3 Å². The molecule has 1 N–H and O–H groups in total. The number of nitrogens with one attached hydrogen (secondary N) is 1. The molecule has 0 bridgehead atoms. The van der Waals surface area contributed by atoms with Crippen LogP contribution in [0.1, 0.15) is 10.6 Å². The molecule has 4 aromatic rings. The number of aromatic amines is 1. The second-order valence-electron chi connectivity index (χ2n) is 6.83. The molecular formula is C20H20N6OS. The van der Waals surface area contributed by atoms with Crippen molar-refractivity contribution in [1.82, 2.24) is 19.6 Å². The maximum Gasteiger partial charge on any atom is 0.274 e. The SMILES string of the molecule is O=c1cc(Cc2cccs2)nc2nc(N3CCN(c4ccccc4)CC3)[nH]n12. The van der Waals surface area contributed by atoms with Crippen LogP contribution in [0.15, 0.2) is 58.7 Å². The van der Waals surface area contributed by atoms with Gasteiger partial charge in [0.15, 0.2) is 0 Å². The zero-order valence-electron chi connectivity index (χ0n) is 15.3. The van der Waals surface area contributed by atoms with E-state index in [1.54, 1.807) is 17.4 Å². The van der Waals surface area contributed by atoms with E-state index < -0.39 is 0 Å². The van der Waals surface area contributed by atoms with Gasteiger partial charge < -0.3 is 9.80 Å². The standard InChI is InChI=1S/C20H20N6OS/c27-18-14-15(13-17-7-4-12-28-17)21-19-22-20(23-26(18)19)25-10-8-24(9-11-25)16-5-2-1-3-6-16/h1-7,12,14H,8-11,13H2,(H,21,22,23). The molecule has 28 heavy (non-hydrogen) atoms. The number of piperazine rings is 1. The van der Waals surface area contributed by atoms with E-state index in [0.29, 0.717) is 18.1 Å². The van der Waals surface area contributed by atoms with Gasteiger partial charge in [-0.2, -0.15) is 9.50 Å². The quantitative estimate of drug-likeness (QED) is 0.578. The van der Waals surface area contributed by atoms with Crippen molar-refractivity contribution in [3.8, 4) is 0 Å². The molecule has 1 aliphatic rings. The van der Waals surface area contributed by atoms with Crippen LogP contribution >= 0.6 is 11.3 Å². The number of aromatic nitrogens is 4. The Balaban J connectivity index is 1.35. The van der Waals surface area contributed by atoms with E-state index in [4.69, 9.17) is 0 Å². The number of H-pyrrole nitrogens is 1. The third kappa shape index (κ3) is 3.27. The number of nitrogens with zero attached hydrogens (tertiary/aromatic N) is 5. The number of para-hydroxylation sites is 1. The van der Waals surface area contributed by atoms with Crippen molar-refractivity contribution in [3.05, 3.63) is 74.8 Å². The van der Waals surface area contributed by atoms with Gasteiger partial charge in [-0.25, -0.2) is 4.98 Å². The third-order valence-electron chi connectivity index (χ3n) is 5.01. The Labute approximate surface area is 165 Å². The van der Waals surface area contributed by atoms with Crippen LogP contribution in [-0.4, -0.2) is 45.8 Å². The summed E-state index contributed by atoms with van der Waals surface area (Å²) >= 11 is 1.67. The average Bonchev–Trinajstić information content (AvgIpc) is 3.39. The molecule has 5 rings (SSSR count). The highest BCUT2D eigenvalue weighted by atomic mass is 32.1. The van der Waals surface area contributed by atoms with Crippen molar-refractivity contribution in [2.75, 3.05) is 36.0 Å². The summed E-state index contributed by atoms with van der Waals surface area (Å²) in [6.07, 6.45) is 0.654. The minimum Gasteiger partial charge on any atom is -0.368 e. The zero-order valence-corrected chi connectivity index (χ0v) is 16.1. The Hall–Kier alpha value is -3.13. The molecular weight excluding hydrogens is 372 g/mol. The van der Waals surface area contributed by atoms with Gasteiger partial charge in [-0.1, -0.05) is 24.3 Å². The van der Waals surface area contributed by atoms with E-state index in [1.807, 2.05) is 17.5 Å². The molecule has 0 spiro atoms. The maximum atomic E-state index is 12.5. The summed E-state index contributed by atoms with van der Waals surface area (Å²) in [6.45, 7) is 3.50. The Morgan fingerprint density at radius 1 is 0.964 bits per heavy atom. The Morgan fingerprint density at radius 2 is 1.75 bits per heavy atom. The highest BCUT2D eigenvalue weighted by Gasteiger charge is 2.20. The molecule has 1 fully saturated rings. The summed E-state index contributed by atoms with van der Waals surface area (Å²) in [7, 11) is 0. The normalized spacial score (nSPS) is 14.7. The first-order chi connectivity index (χ1) is 13.8. The summed E-state index contributed by atoms with van der Waals surface area (Å²) in [4.78, 5) is 27.4. The van der Waals surface area contributed by atoms with Crippen molar-refractivity contribution in [3.63, 3.8) is 0 Å². The van der Waals surface area contributed by atoms with Crippen molar-refractivity contribution in [2.45, 2.75) is 6.42 Å². The first-order valence-electron chi connectivity index (χ1n) is 9.32. The number of anilines is 2. The van der Waals surface area contributed by atoms with Crippen molar-refractivity contribution in [2.24, 2.45) is 0 Å². The minimum absolute atomic E-state index is 0.127. The van der Waals surface area contributed by atoms with Gasteiger partial charge in [0.05, 0.1) is 5.69 Å². The van der Waals surface area contributed by atoms with Gasteiger partial charge in [-0.3, -0.25) is 9.89 Å². The number of fused-ring (bicyclic) bond motifs is 1. The molecule has 7 nitrogen and oxygen atoms in total. The van der Waals surface area contributed by atoms with Crippen molar-refractivity contribution < 1.29 is 0 Å². The lowest BCUT2D eigenvalue weighted by Crippen LogP contribution is -2.47. The van der Waals surface area contributed by atoms with Crippen LogP contribution in [0.4, 0.5) is 11.6 Å². The Kier molecular flexibility index (Phi) is 4.32. The molecule has 0 atom stereocenters. The lowest BCUT2D eigenvalue weighted by atomic mass is 10.2. The average molecular weight is 392 g/mol. The van der Waals surface area contributed by atoms with E-state index in [1.165, 1.54) is 15.1 Å². The van der Waals surface area contributed by atoms with E-state index in [2.05, 4.69) is 55.2 Å². The fourth-order valence-corrected chi connectivity index (χ4v) is 4.28. The molecule has 0 unspecified atom stereocenters. The van der Waals surface area contributed by atoms with Gasteiger partial charge in [0.2, 0.25) is 5.95 Å². The van der Waals surface area contributed by atoms with Crippen molar-refractivity contribution in [1.29, 1.82) is 0 Å². The molecule has 4 heterocycles. The highest BCUT2D eigenvalue weighted by Crippen LogP contribution is 2.18. The van der Waals surface area contributed by atoms with Crippen LogP contribution in [0, 0.1) is 0 Å². The molecule has 3 aromatic heterocycles. The molecule has 142 valence electrons. The first kappa shape index (κ1) is 17.0.